The third-order valence-corrected chi connectivity index (χ3v) is 4.19. The number of carboxylic acids is 1. The number of nitrogens with zero attached hydrogens (tertiary/aromatic N) is 1. The van der Waals surface area contributed by atoms with E-state index in [1.807, 2.05) is 6.92 Å². The Balaban J connectivity index is 2.14. The van der Waals surface area contributed by atoms with Crippen molar-refractivity contribution >= 4 is 17.8 Å². The van der Waals surface area contributed by atoms with Crippen LogP contribution in [0.3, 0.4) is 0 Å². The van der Waals surface area contributed by atoms with Gasteiger partial charge in [-0.25, -0.2) is 0 Å². The summed E-state index contributed by atoms with van der Waals surface area (Å²) >= 11 is 0. The molecule has 1 aliphatic rings. The number of likely N-dealkylation sites (tertiary alicyclic amines) is 1. The second kappa shape index (κ2) is 5.55. The van der Waals surface area contributed by atoms with Crippen LogP contribution < -0.4 is 5.73 Å². The lowest BCUT2D eigenvalue weighted by Crippen LogP contribution is -2.36. The van der Waals surface area contributed by atoms with Crippen LogP contribution in [0.2, 0.25) is 0 Å². The molecule has 6 heteroatoms. The van der Waals surface area contributed by atoms with Gasteiger partial charge in [0.15, 0.2) is 0 Å². The van der Waals surface area contributed by atoms with Crippen LogP contribution >= 0.6 is 0 Å². The number of carboxylic acid groups (broad SMARTS) is 1. The van der Waals surface area contributed by atoms with E-state index in [1.165, 1.54) is 24.3 Å². The highest BCUT2D eigenvalue weighted by atomic mass is 16.4. The Morgan fingerprint density at radius 1 is 1.24 bits per heavy atom. The smallest absolute Gasteiger partial charge is 0.311 e. The minimum Gasteiger partial charge on any atom is -0.481 e. The molecule has 0 aliphatic carbocycles. The number of hydrogen-bond donors (Lipinski definition) is 2. The Morgan fingerprint density at radius 3 is 2.24 bits per heavy atom. The lowest BCUT2D eigenvalue weighted by Gasteiger charge is -2.23. The first-order valence-corrected chi connectivity index (χ1v) is 6.82. The van der Waals surface area contributed by atoms with Gasteiger partial charge in [-0.3, -0.25) is 14.4 Å². The van der Waals surface area contributed by atoms with Gasteiger partial charge in [0.05, 0.1) is 5.41 Å². The molecular weight excluding hydrogens is 272 g/mol. The largest absolute Gasteiger partial charge is 0.481 e. The number of aliphatic carboxylic acids is 1. The van der Waals surface area contributed by atoms with Crippen LogP contribution in [0.15, 0.2) is 24.3 Å². The molecule has 1 aliphatic heterocycles. The predicted octanol–water partition coefficient (Wildman–Crippen LogP) is 1.11. The van der Waals surface area contributed by atoms with E-state index in [4.69, 9.17) is 5.73 Å². The number of nitrogens with two attached hydrogens (primary N) is 1. The Kier molecular flexibility index (Phi) is 3.97. The summed E-state index contributed by atoms with van der Waals surface area (Å²) in [6.45, 7) is 2.47. The maximum atomic E-state index is 12.4. The Morgan fingerprint density at radius 2 is 1.81 bits per heavy atom. The Bertz CT molecular complexity index is 582. The van der Waals surface area contributed by atoms with E-state index < -0.39 is 17.3 Å². The van der Waals surface area contributed by atoms with Crippen molar-refractivity contribution in [3.8, 4) is 0 Å². The number of primary amides is 1. The molecule has 1 aromatic carbocycles. The summed E-state index contributed by atoms with van der Waals surface area (Å²) < 4.78 is 0. The number of hydrogen-bond acceptors (Lipinski definition) is 3. The van der Waals surface area contributed by atoms with E-state index >= 15 is 0 Å². The van der Waals surface area contributed by atoms with Crippen LogP contribution in [0.5, 0.6) is 0 Å². The summed E-state index contributed by atoms with van der Waals surface area (Å²) in [5.41, 5.74) is 5.07. The maximum Gasteiger partial charge on any atom is 0.311 e. The third-order valence-electron chi connectivity index (χ3n) is 4.19. The topological polar surface area (TPSA) is 101 Å². The summed E-state index contributed by atoms with van der Waals surface area (Å²) in [6.07, 6.45) is 0.955. The van der Waals surface area contributed by atoms with Gasteiger partial charge in [-0.1, -0.05) is 6.92 Å². The minimum atomic E-state index is -0.857. The van der Waals surface area contributed by atoms with Crippen molar-refractivity contribution in [3.05, 3.63) is 35.4 Å². The highest BCUT2D eigenvalue weighted by molar-refractivity contribution is 5.97. The molecule has 3 N–H and O–H groups in total. The van der Waals surface area contributed by atoms with Crippen LogP contribution in [0.25, 0.3) is 0 Å². The summed E-state index contributed by atoms with van der Waals surface area (Å²) in [4.78, 5) is 36.3. The third kappa shape index (κ3) is 2.74. The molecule has 0 aromatic heterocycles. The van der Waals surface area contributed by atoms with E-state index in [0.29, 0.717) is 30.5 Å². The number of rotatable bonds is 4. The summed E-state index contributed by atoms with van der Waals surface area (Å²) in [7, 11) is 0. The van der Waals surface area contributed by atoms with Crippen molar-refractivity contribution in [3.63, 3.8) is 0 Å². The van der Waals surface area contributed by atoms with Crippen molar-refractivity contribution < 1.29 is 19.5 Å². The van der Waals surface area contributed by atoms with Gasteiger partial charge < -0.3 is 15.7 Å². The number of carbonyl (C=O) groups excluding carboxylic acids is 2. The molecule has 112 valence electrons. The first kappa shape index (κ1) is 15.0. The van der Waals surface area contributed by atoms with Gasteiger partial charge in [0, 0.05) is 24.2 Å². The van der Waals surface area contributed by atoms with Gasteiger partial charge in [-0.05, 0) is 37.1 Å². The summed E-state index contributed by atoms with van der Waals surface area (Å²) in [5.74, 6) is -1.63. The first-order valence-electron chi connectivity index (χ1n) is 6.82. The van der Waals surface area contributed by atoms with Gasteiger partial charge in [0.25, 0.3) is 5.91 Å². The maximum absolute atomic E-state index is 12.4. The highest BCUT2D eigenvalue weighted by Gasteiger charge is 2.44. The molecule has 6 nitrogen and oxygen atoms in total. The molecule has 0 radical (unpaired) electrons. The molecule has 21 heavy (non-hydrogen) atoms. The average molecular weight is 290 g/mol. The van der Waals surface area contributed by atoms with Crippen molar-refractivity contribution in [1.82, 2.24) is 4.90 Å². The fourth-order valence-electron chi connectivity index (χ4n) is 2.62. The molecule has 1 unspecified atom stereocenters. The quantitative estimate of drug-likeness (QED) is 0.867. The van der Waals surface area contributed by atoms with E-state index in [9.17, 15) is 19.5 Å². The van der Waals surface area contributed by atoms with Crippen LogP contribution in [0.4, 0.5) is 0 Å². The predicted molar refractivity (Wildman–Crippen MR) is 75.8 cm³/mol. The number of carbonyl (C=O) groups is 3. The average Bonchev–Trinajstić information content (AvgIpc) is 2.92. The normalized spacial score (nSPS) is 21.3. The molecule has 2 amide bonds. The van der Waals surface area contributed by atoms with Gasteiger partial charge in [-0.15, -0.1) is 0 Å². The van der Waals surface area contributed by atoms with Gasteiger partial charge >= 0.3 is 5.97 Å². The molecular formula is C15H18N2O4. The molecule has 0 spiro atoms. The minimum absolute atomic E-state index is 0.217. The lowest BCUT2D eigenvalue weighted by atomic mass is 9.84. The SMILES string of the molecule is CCC1(C(=O)O)CCN(C(=O)c2ccc(C(N)=O)cc2)C1. The molecule has 0 saturated carbocycles. The van der Waals surface area contributed by atoms with E-state index in [0.717, 1.165) is 0 Å². The van der Waals surface area contributed by atoms with Gasteiger partial charge in [0.1, 0.15) is 0 Å². The van der Waals surface area contributed by atoms with Gasteiger partial charge in [0.2, 0.25) is 5.91 Å². The van der Waals surface area contributed by atoms with Crippen LogP contribution in [-0.4, -0.2) is 40.9 Å². The fraction of sp³-hybridized carbons (Fsp3) is 0.400. The zero-order chi connectivity index (χ0) is 15.6. The molecule has 0 bridgehead atoms. The van der Waals surface area contributed by atoms with E-state index in [1.54, 1.807) is 4.90 Å². The molecule has 1 aromatic rings. The first-order chi connectivity index (χ1) is 9.89. The van der Waals surface area contributed by atoms with Gasteiger partial charge in [-0.2, -0.15) is 0 Å². The van der Waals surface area contributed by atoms with Crippen molar-refractivity contribution in [2.45, 2.75) is 19.8 Å². The fourth-order valence-corrected chi connectivity index (χ4v) is 2.62. The number of amides is 2. The second-order valence-electron chi connectivity index (χ2n) is 5.36. The van der Waals surface area contributed by atoms with Crippen LogP contribution in [-0.2, 0) is 4.79 Å². The molecule has 1 saturated heterocycles. The van der Waals surface area contributed by atoms with Crippen molar-refractivity contribution in [2.75, 3.05) is 13.1 Å². The zero-order valence-electron chi connectivity index (χ0n) is 11.8. The standard InChI is InChI=1S/C15H18N2O4/c1-2-15(14(20)21)7-8-17(9-15)13(19)11-5-3-10(4-6-11)12(16)18/h3-6H,2,7-9H2,1H3,(H2,16,18)(H,20,21). The molecule has 1 fully saturated rings. The highest BCUT2D eigenvalue weighted by Crippen LogP contribution is 2.34. The summed E-state index contributed by atoms with van der Waals surface area (Å²) in [5, 5.41) is 9.34. The number of benzene rings is 1. The Labute approximate surface area is 122 Å². The zero-order valence-corrected chi connectivity index (χ0v) is 11.8. The Hall–Kier alpha value is -2.37. The molecule has 1 heterocycles. The van der Waals surface area contributed by atoms with Crippen molar-refractivity contribution in [2.24, 2.45) is 11.1 Å². The van der Waals surface area contributed by atoms with Crippen molar-refractivity contribution in [1.29, 1.82) is 0 Å². The van der Waals surface area contributed by atoms with E-state index in [2.05, 4.69) is 0 Å². The second-order valence-corrected chi connectivity index (χ2v) is 5.36. The monoisotopic (exact) mass is 290 g/mol. The van der Waals surface area contributed by atoms with E-state index in [-0.39, 0.29) is 12.5 Å². The van der Waals surface area contributed by atoms with Crippen LogP contribution in [0, 0.1) is 5.41 Å². The molecule has 1 atom stereocenters. The van der Waals surface area contributed by atoms with Crippen LogP contribution in [0.1, 0.15) is 40.5 Å². The summed E-state index contributed by atoms with van der Waals surface area (Å²) in [6, 6.07) is 6.07. The lowest BCUT2D eigenvalue weighted by molar-refractivity contribution is -0.148. The molecule has 2 rings (SSSR count).